The molecule has 0 saturated carbocycles. The van der Waals surface area contributed by atoms with Crippen molar-refractivity contribution in [1.29, 1.82) is 0 Å². The van der Waals surface area contributed by atoms with Crippen molar-refractivity contribution in [3.05, 3.63) is 0 Å². The highest BCUT2D eigenvalue weighted by molar-refractivity contribution is 4.84. The van der Waals surface area contributed by atoms with Crippen molar-refractivity contribution in [2.45, 2.75) is 32.3 Å². The van der Waals surface area contributed by atoms with E-state index in [1.165, 1.54) is 0 Å². The SMILES string of the molecule is CCN(CC)CC1(O)CCCOC1. The Hall–Kier alpha value is -0.120. The monoisotopic (exact) mass is 187 g/mol. The van der Waals surface area contributed by atoms with E-state index in [0.29, 0.717) is 6.61 Å². The topological polar surface area (TPSA) is 32.7 Å². The number of nitrogens with zero attached hydrogens (tertiary/aromatic N) is 1. The molecule has 0 aliphatic carbocycles. The standard InChI is InChI=1S/C10H21NO2/c1-3-11(4-2)8-10(12)6-5-7-13-9-10/h12H,3-9H2,1-2H3. The molecule has 1 fully saturated rings. The molecule has 0 amide bonds. The highest BCUT2D eigenvalue weighted by atomic mass is 16.5. The first-order valence-electron chi connectivity index (χ1n) is 5.22. The van der Waals surface area contributed by atoms with Gasteiger partial charge in [-0.1, -0.05) is 13.8 Å². The molecule has 0 aromatic rings. The molecule has 1 saturated heterocycles. The summed E-state index contributed by atoms with van der Waals surface area (Å²) in [6.07, 6.45) is 1.86. The summed E-state index contributed by atoms with van der Waals surface area (Å²) in [5.74, 6) is 0. The minimum atomic E-state index is -0.593. The summed E-state index contributed by atoms with van der Waals surface area (Å²) in [7, 11) is 0. The van der Waals surface area contributed by atoms with Gasteiger partial charge in [-0.25, -0.2) is 0 Å². The Morgan fingerprint density at radius 3 is 2.54 bits per heavy atom. The van der Waals surface area contributed by atoms with Gasteiger partial charge in [0.2, 0.25) is 0 Å². The van der Waals surface area contributed by atoms with Crippen LogP contribution in [0.3, 0.4) is 0 Å². The third kappa shape index (κ3) is 3.25. The lowest BCUT2D eigenvalue weighted by Gasteiger charge is -2.35. The first-order chi connectivity index (χ1) is 6.20. The molecule has 1 atom stereocenters. The van der Waals surface area contributed by atoms with Gasteiger partial charge in [0.05, 0.1) is 6.61 Å². The molecule has 1 rings (SSSR count). The van der Waals surface area contributed by atoms with Crippen LogP contribution in [0.1, 0.15) is 26.7 Å². The van der Waals surface area contributed by atoms with E-state index in [2.05, 4.69) is 18.7 Å². The summed E-state index contributed by atoms with van der Waals surface area (Å²) >= 11 is 0. The van der Waals surface area contributed by atoms with Gasteiger partial charge in [0.25, 0.3) is 0 Å². The van der Waals surface area contributed by atoms with Gasteiger partial charge in [-0.15, -0.1) is 0 Å². The molecule has 0 aromatic heterocycles. The molecule has 0 aromatic carbocycles. The molecule has 1 aliphatic heterocycles. The van der Waals surface area contributed by atoms with Crippen LogP contribution in [0.25, 0.3) is 0 Å². The van der Waals surface area contributed by atoms with Crippen molar-refractivity contribution in [3.63, 3.8) is 0 Å². The maximum atomic E-state index is 10.1. The summed E-state index contributed by atoms with van der Waals surface area (Å²) in [5, 5.41) is 10.1. The van der Waals surface area contributed by atoms with E-state index >= 15 is 0 Å². The Bertz CT molecular complexity index is 140. The lowest BCUT2D eigenvalue weighted by Crippen LogP contribution is -2.48. The summed E-state index contributed by atoms with van der Waals surface area (Å²) < 4.78 is 5.30. The van der Waals surface area contributed by atoms with Crippen LogP contribution >= 0.6 is 0 Å². The highest BCUT2D eigenvalue weighted by Crippen LogP contribution is 2.19. The lowest BCUT2D eigenvalue weighted by atomic mass is 9.96. The molecule has 3 heteroatoms. The van der Waals surface area contributed by atoms with Crippen LogP contribution in [-0.2, 0) is 4.74 Å². The smallest absolute Gasteiger partial charge is 0.101 e. The number of ether oxygens (including phenoxy) is 1. The van der Waals surface area contributed by atoms with E-state index in [4.69, 9.17) is 4.74 Å². The Morgan fingerprint density at radius 2 is 2.08 bits per heavy atom. The third-order valence-electron chi connectivity index (χ3n) is 2.71. The first kappa shape index (κ1) is 11.0. The normalized spacial score (nSPS) is 29.5. The number of hydrogen-bond acceptors (Lipinski definition) is 3. The van der Waals surface area contributed by atoms with Crippen LogP contribution in [-0.4, -0.2) is 48.5 Å². The zero-order valence-electron chi connectivity index (χ0n) is 8.75. The Balaban J connectivity index is 2.39. The predicted octanol–water partition coefficient (Wildman–Crippen LogP) is 0.870. The van der Waals surface area contributed by atoms with Crippen LogP contribution in [0.5, 0.6) is 0 Å². The number of likely N-dealkylation sites (N-methyl/N-ethyl adjacent to an activating group) is 1. The second-order valence-corrected chi connectivity index (χ2v) is 3.84. The fourth-order valence-electron chi connectivity index (χ4n) is 1.83. The van der Waals surface area contributed by atoms with Crippen molar-refractivity contribution in [2.75, 3.05) is 32.8 Å². The molecule has 1 aliphatic rings. The van der Waals surface area contributed by atoms with Crippen molar-refractivity contribution >= 4 is 0 Å². The molecule has 1 N–H and O–H groups in total. The first-order valence-corrected chi connectivity index (χ1v) is 5.22. The van der Waals surface area contributed by atoms with E-state index < -0.39 is 5.60 Å². The van der Waals surface area contributed by atoms with Gasteiger partial charge in [-0.2, -0.15) is 0 Å². The highest BCUT2D eigenvalue weighted by Gasteiger charge is 2.31. The van der Waals surface area contributed by atoms with E-state index in [1.807, 2.05) is 0 Å². The molecular formula is C10H21NO2. The zero-order valence-corrected chi connectivity index (χ0v) is 8.75. The minimum absolute atomic E-state index is 0.503. The van der Waals surface area contributed by atoms with Gasteiger partial charge in [0, 0.05) is 13.2 Å². The van der Waals surface area contributed by atoms with Gasteiger partial charge < -0.3 is 14.7 Å². The Labute approximate surface area is 80.7 Å². The fraction of sp³-hybridized carbons (Fsp3) is 1.00. The fourth-order valence-corrected chi connectivity index (χ4v) is 1.83. The molecular weight excluding hydrogens is 166 g/mol. The van der Waals surface area contributed by atoms with E-state index in [0.717, 1.165) is 39.1 Å². The molecule has 1 unspecified atom stereocenters. The molecule has 13 heavy (non-hydrogen) atoms. The van der Waals surface area contributed by atoms with Gasteiger partial charge in [0.15, 0.2) is 0 Å². The maximum absolute atomic E-state index is 10.1. The van der Waals surface area contributed by atoms with Gasteiger partial charge in [-0.3, -0.25) is 0 Å². The third-order valence-corrected chi connectivity index (χ3v) is 2.71. The molecule has 0 radical (unpaired) electrons. The zero-order chi connectivity index (χ0) is 9.73. The summed E-state index contributed by atoms with van der Waals surface area (Å²) in [4.78, 5) is 2.24. The molecule has 0 spiro atoms. The lowest BCUT2D eigenvalue weighted by molar-refractivity contribution is -0.0990. The second-order valence-electron chi connectivity index (χ2n) is 3.84. The molecule has 0 bridgehead atoms. The number of hydrogen-bond donors (Lipinski definition) is 1. The van der Waals surface area contributed by atoms with Crippen molar-refractivity contribution in [3.8, 4) is 0 Å². The van der Waals surface area contributed by atoms with Crippen LogP contribution in [0, 0.1) is 0 Å². The molecule has 3 nitrogen and oxygen atoms in total. The minimum Gasteiger partial charge on any atom is -0.386 e. The van der Waals surface area contributed by atoms with Crippen molar-refractivity contribution in [1.82, 2.24) is 4.90 Å². The summed E-state index contributed by atoms with van der Waals surface area (Å²) in [6, 6.07) is 0. The van der Waals surface area contributed by atoms with Gasteiger partial charge in [0.1, 0.15) is 5.60 Å². The number of aliphatic hydroxyl groups is 1. The summed E-state index contributed by atoms with van der Waals surface area (Å²) in [6.45, 7) is 8.30. The largest absolute Gasteiger partial charge is 0.386 e. The number of rotatable bonds is 4. The Morgan fingerprint density at radius 1 is 1.38 bits per heavy atom. The second kappa shape index (κ2) is 4.94. The van der Waals surface area contributed by atoms with E-state index in [-0.39, 0.29) is 0 Å². The molecule has 1 heterocycles. The maximum Gasteiger partial charge on any atom is 0.101 e. The summed E-state index contributed by atoms with van der Waals surface area (Å²) in [5.41, 5.74) is -0.593. The molecule has 78 valence electrons. The van der Waals surface area contributed by atoms with Crippen molar-refractivity contribution < 1.29 is 9.84 Å². The van der Waals surface area contributed by atoms with Crippen LogP contribution in [0.4, 0.5) is 0 Å². The Kier molecular flexibility index (Phi) is 4.16. The predicted molar refractivity (Wildman–Crippen MR) is 52.8 cm³/mol. The van der Waals surface area contributed by atoms with Crippen LogP contribution in [0.2, 0.25) is 0 Å². The van der Waals surface area contributed by atoms with Crippen molar-refractivity contribution in [2.24, 2.45) is 0 Å². The quantitative estimate of drug-likeness (QED) is 0.709. The average molecular weight is 187 g/mol. The van der Waals surface area contributed by atoms with Crippen LogP contribution < -0.4 is 0 Å². The average Bonchev–Trinajstić information content (AvgIpc) is 2.15. The van der Waals surface area contributed by atoms with Gasteiger partial charge >= 0.3 is 0 Å². The van der Waals surface area contributed by atoms with Gasteiger partial charge in [-0.05, 0) is 25.9 Å². The van der Waals surface area contributed by atoms with E-state index in [9.17, 15) is 5.11 Å². The van der Waals surface area contributed by atoms with Crippen LogP contribution in [0.15, 0.2) is 0 Å². The van der Waals surface area contributed by atoms with E-state index in [1.54, 1.807) is 0 Å².